The van der Waals surface area contributed by atoms with E-state index in [1.54, 1.807) is 0 Å². The predicted octanol–water partition coefficient (Wildman–Crippen LogP) is 2.20. The van der Waals surface area contributed by atoms with E-state index in [0.717, 1.165) is 23.8 Å². The number of nitrogens with one attached hydrogen (secondary N) is 1. The number of aryl methyl sites for hydroxylation is 1. The molecule has 1 aliphatic rings. The maximum Gasteiger partial charge on any atom is 0.131 e. The van der Waals surface area contributed by atoms with Gasteiger partial charge in [-0.1, -0.05) is 19.3 Å². The molecule has 0 saturated heterocycles. The molecule has 1 fully saturated rings. The smallest absolute Gasteiger partial charge is 0.131 e. The van der Waals surface area contributed by atoms with Crippen molar-refractivity contribution in [3.63, 3.8) is 0 Å². The summed E-state index contributed by atoms with van der Waals surface area (Å²) < 4.78 is 0. The van der Waals surface area contributed by atoms with Crippen molar-refractivity contribution >= 4 is 5.69 Å². The fourth-order valence-electron chi connectivity index (χ4n) is 2.42. The Morgan fingerprint density at radius 2 is 2.12 bits per heavy atom. The Balaban J connectivity index is 2.06. The zero-order chi connectivity index (χ0) is 12.1. The Kier molecular flexibility index (Phi) is 4.31. The largest absolute Gasteiger partial charge is 0.381 e. The number of nitrogens with zero attached hydrogens (tertiary/aromatic N) is 2. The summed E-state index contributed by atoms with van der Waals surface area (Å²) in [5, 5.41) is 3.24. The molecule has 0 amide bonds. The van der Waals surface area contributed by atoms with Crippen LogP contribution in [0.4, 0.5) is 5.69 Å². The Hall–Kier alpha value is -1.16. The van der Waals surface area contributed by atoms with Crippen molar-refractivity contribution in [3.05, 3.63) is 17.7 Å². The van der Waals surface area contributed by atoms with Crippen LogP contribution in [0.25, 0.3) is 0 Å². The third-order valence-corrected chi connectivity index (χ3v) is 3.43. The van der Waals surface area contributed by atoms with Gasteiger partial charge in [0.2, 0.25) is 0 Å². The summed E-state index contributed by atoms with van der Waals surface area (Å²) in [5.41, 5.74) is 7.52. The summed E-state index contributed by atoms with van der Waals surface area (Å²) in [6.45, 7) is 3.43. The molecule has 4 nitrogen and oxygen atoms in total. The lowest BCUT2D eigenvalue weighted by Crippen LogP contribution is -2.15. The lowest BCUT2D eigenvalue weighted by Gasteiger charge is -2.20. The molecule has 0 aliphatic heterocycles. The highest BCUT2D eigenvalue weighted by Crippen LogP contribution is 2.31. The molecule has 1 heterocycles. The lowest BCUT2D eigenvalue weighted by molar-refractivity contribution is 0.428. The molecule has 0 atom stereocenters. The molecule has 0 spiro atoms. The second-order valence-electron chi connectivity index (χ2n) is 4.78. The molecule has 94 valence electrons. The first-order valence-corrected chi connectivity index (χ1v) is 6.58. The molecule has 1 aromatic rings. The fraction of sp³-hybridized carbons (Fsp3) is 0.692. The number of hydrogen-bond acceptors (Lipinski definition) is 4. The van der Waals surface area contributed by atoms with Gasteiger partial charge in [0.1, 0.15) is 5.82 Å². The van der Waals surface area contributed by atoms with E-state index in [2.05, 4.69) is 15.3 Å². The highest BCUT2D eigenvalue weighted by atomic mass is 15.0. The van der Waals surface area contributed by atoms with Crippen LogP contribution in [0.15, 0.2) is 6.20 Å². The zero-order valence-corrected chi connectivity index (χ0v) is 10.6. The average Bonchev–Trinajstić information content (AvgIpc) is 2.38. The minimum Gasteiger partial charge on any atom is -0.381 e. The van der Waals surface area contributed by atoms with Crippen LogP contribution in [0.1, 0.15) is 49.5 Å². The monoisotopic (exact) mass is 234 g/mol. The van der Waals surface area contributed by atoms with E-state index in [9.17, 15) is 0 Å². The fourth-order valence-corrected chi connectivity index (χ4v) is 2.42. The van der Waals surface area contributed by atoms with Crippen LogP contribution in [0.5, 0.6) is 0 Å². The SMILES string of the molecule is Cc1nc(C2CCCCC2)ncc1NCCN. The van der Waals surface area contributed by atoms with Crippen LogP contribution in [0, 0.1) is 6.92 Å². The van der Waals surface area contributed by atoms with Crippen molar-refractivity contribution in [1.82, 2.24) is 9.97 Å². The molecule has 4 heteroatoms. The maximum absolute atomic E-state index is 5.47. The van der Waals surface area contributed by atoms with Gasteiger partial charge in [0.15, 0.2) is 0 Å². The summed E-state index contributed by atoms with van der Waals surface area (Å²) in [4.78, 5) is 9.14. The van der Waals surface area contributed by atoms with Crippen molar-refractivity contribution in [3.8, 4) is 0 Å². The molecule has 0 unspecified atom stereocenters. The van der Waals surface area contributed by atoms with Gasteiger partial charge in [-0.15, -0.1) is 0 Å². The van der Waals surface area contributed by atoms with Crippen molar-refractivity contribution in [2.45, 2.75) is 44.9 Å². The van der Waals surface area contributed by atoms with E-state index >= 15 is 0 Å². The van der Waals surface area contributed by atoms with Gasteiger partial charge in [-0.05, 0) is 19.8 Å². The van der Waals surface area contributed by atoms with Crippen molar-refractivity contribution in [2.24, 2.45) is 5.73 Å². The number of hydrogen-bond donors (Lipinski definition) is 2. The van der Waals surface area contributed by atoms with Crippen LogP contribution < -0.4 is 11.1 Å². The van der Waals surface area contributed by atoms with E-state index in [1.165, 1.54) is 32.1 Å². The highest BCUT2D eigenvalue weighted by molar-refractivity contribution is 5.45. The number of nitrogens with two attached hydrogens (primary N) is 1. The molecule has 0 aromatic carbocycles. The molecule has 3 N–H and O–H groups in total. The highest BCUT2D eigenvalue weighted by Gasteiger charge is 2.18. The minimum atomic E-state index is 0.575. The number of rotatable bonds is 4. The zero-order valence-electron chi connectivity index (χ0n) is 10.6. The molecular formula is C13H22N4. The number of aromatic nitrogens is 2. The van der Waals surface area contributed by atoms with Gasteiger partial charge in [0.25, 0.3) is 0 Å². The normalized spacial score (nSPS) is 17.1. The summed E-state index contributed by atoms with van der Waals surface area (Å²) in [7, 11) is 0. The van der Waals surface area contributed by atoms with E-state index in [-0.39, 0.29) is 0 Å². The lowest BCUT2D eigenvalue weighted by atomic mass is 9.88. The first-order valence-electron chi connectivity index (χ1n) is 6.58. The quantitative estimate of drug-likeness (QED) is 0.838. The van der Waals surface area contributed by atoms with Crippen LogP contribution in [0.2, 0.25) is 0 Å². The third kappa shape index (κ3) is 3.16. The second-order valence-corrected chi connectivity index (χ2v) is 4.78. The average molecular weight is 234 g/mol. The Morgan fingerprint density at radius 3 is 2.76 bits per heavy atom. The minimum absolute atomic E-state index is 0.575. The first kappa shape index (κ1) is 12.3. The predicted molar refractivity (Wildman–Crippen MR) is 70.1 cm³/mol. The molecular weight excluding hydrogens is 212 g/mol. The molecule has 0 radical (unpaired) electrons. The van der Waals surface area contributed by atoms with Crippen molar-refractivity contribution < 1.29 is 0 Å². The molecule has 1 saturated carbocycles. The summed E-state index contributed by atoms with van der Waals surface area (Å²) in [6.07, 6.45) is 8.40. The van der Waals surface area contributed by atoms with Crippen LogP contribution >= 0.6 is 0 Å². The summed E-state index contributed by atoms with van der Waals surface area (Å²) in [6, 6.07) is 0. The standard InChI is InChI=1S/C13H22N4/c1-10-12(15-8-7-14)9-16-13(17-10)11-5-3-2-4-6-11/h9,11,15H,2-8,14H2,1H3. The first-order chi connectivity index (χ1) is 8.31. The van der Waals surface area contributed by atoms with Crippen LogP contribution in [0.3, 0.4) is 0 Å². The van der Waals surface area contributed by atoms with Crippen LogP contribution in [-0.2, 0) is 0 Å². The van der Waals surface area contributed by atoms with Gasteiger partial charge >= 0.3 is 0 Å². The molecule has 1 aliphatic carbocycles. The number of anilines is 1. The van der Waals surface area contributed by atoms with E-state index in [4.69, 9.17) is 5.73 Å². The van der Waals surface area contributed by atoms with E-state index in [0.29, 0.717) is 12.5 Å². The Bertz CT molecular complexity index is 358. The molecule has 17 heavy (non-hydrogen) atoms. The van der Waals surface area contributed by atoms with Crippen molar-refractivity contribution in [1.29, 1.82) is 0 Å². The molecule has 1 aromatic heterocycles. The van der Waals surface area contributed by atoms with E-state index < -0.39 is 0 Å². The van der Waals surface area contributed by atoms with Gasteiger partial charge in [0, 0.05) is 19.0 Å². The van der Waals surface area contributed by atoms with Gasteiger partial charge in [-0.3, -0.25) is 0 Å². The molecule has 0 bridgehead atoms. The third-order valence-electron chi connectivity index (χ3n) is 3.43. The van der Waals surface area contributed by atoms with Gasteiger partial charge in [-0.25, -0.2) is 9.97 Å². The molecule has 2 rings (SSSR count). The van der Waals surface area contributed by atoms with E-state index in [1.807, 2.05) is 13.1 Å². The van der Waals surface area contributed by atoms with Gasteiger partial charge in [-0.2, -0.15) is 0 Å². The van der Waals surface area contributed by atoms with Crippen molar-refractivity contribution in [2.75, 3.05) is 18.4 Å². The second kappa shape index (κ2) is 5.96. The Morgan fingerprint density at radius 1 is 1.35 bits per heavy atom. The van der Waals surface area contributed by atoms with Gasteiger partial charge < -0.3 is 11.1 Å². The maximum atomic E-state index is 5.47. The summed E-state index contributed by atoms with van der Waals surface area (Å²) >= 11 is 0. The Labute approximate surface area is 103 Å². The van der Waals surface area contributed by atoms with Gasteiger partial charge in [0.05, 0.1) is 17.6 Å². The topological polar surface area (TPSA) is 63.8 Å². The van der Waals surface area contributed by atoms with Crippen LogP contribution in [-0.4, -0.2) is 23.1 Å². The summed E-state index contributed by atoms with van der Waals surface area (Å²) in [5.74, 6) is 1.60.